The Bertz CT molecular complexity index is 820. The maximum atomic E-state index is 2.65. The van der Waals surface area contributed by atoms with E-state index in [2.05, 4.69) is 82.1 Å². The molecule has 2 aromatic rings. The first-order chi connectivity index (χ1) is 9.70. The third-order valence-corrected chi connectivity index (χ3v) is 37.9. The number of hydrogen-bond donors (Lipinski definition) is 0. The summed E-state index contributed by atoms with van der Waals surface area (Å²) in [6.45, 7) is 4.77. The largest absolute Gasteiger partial charge is 0.147 e. The maximum Gasteiger partial charge on any atom is -0.147 e. The Balaban J connectivity index is 0.00000132. The van der Waals surface area contributed by atoms with Crippen molar-refractivity contribution in [3.05, 3.63) is 59.4 Å². The first-order valence-corrected chi connectivity index (χ1v) is 20.2. The zero-order valence-corrected chi connectivity index (χ0v) is 19.7. The summed E-state index contributed by atoms with van der Waals surface area (Å²) in [4.78, 5) is 0. The van der Waals surface area contributed by atoms with Gasteiger partial charge in [0.15, 0.2) is 0 Å². The van der Waals surface area contributed by atoms with Gasteiger partial charge >= 0.3 is 128 Å². The molecule has 0 nitrogen and oxygen atoms in total. The fourth-order valence-corrected chi connectivity index (χ4v) is 23.9. The van der Waals surface area contributed by atoms with E-state index in [9.17, 15) is 0 Å². The second kappa shape index (κ2) is 6.10. The molecule has 0 fully saturated rings. The molecule has 4 heteroatoms. The number of hydrogen-bond acceptors (Lipinski definition) is 0. The van der Waals surface area contributed by atoms with E-state index < -0.39 is 16.8 Å². The first kappa shape index (κ1) is 21.1. The van der Waals surface area contributed by atoms with Crippen molar-refractivity contribution >= 4 is 45.3 Å². The van der Waals surface area contributed by atoms with Gasteiger partial charge in [-0.1, -0.05) is 0 Å². The molecule has 1 aliphatic rings. The fraction of sp³-hybridized carbons (Fsp3) is 0.316. The van der Waals surface area contributed by atoms with Gasteiger partial charge in [0.1, 0.15) is 0 Å². The molecule has 0 N–H and O–H groups in total. The quantitative estimate of drug-likeness (QED) is 0.489. The maximum absolute atomic E-state index is 3.73. The number of allylic oxidation sites excluding steroid dienone is 1. The molecule has 1 aromatic carbocycles. The summed E-state index contributed by atoms with van der Waals surface area (Å²) in [6.07, 6.45) is 4.84. The molecule has 1 aromatic heterocycles. The van der Waals surface area contributed by atoms with Gasteiger partial charge in [-0.2, -0.15) is 0 Å². The summed E-state index contributed by atoms with van der Waals surface area (Å²) in [7, 11) is 0.866. The zero-order chi connectivity index (χ0) is 15.4. The minimum atomic E-state index is -3.73. The Morgan fingerprint density at radius 1 is 0.957 bits per heavy atom. The molecule has 0 aliphatic heterocycles. The number of rotatable bonds is 2. The Labute approximate surface area is 152 Å². The van der Waals surface area contributed by atoms with Gasteiger partial charge in [0.25, 0.3) is 0 Å². The number of halogens is 2. The molecular weight excluding hydrogens is 421 g/mol. The van der Waals surface area contributed by atoms with Gasteiger partial charge < -0.3 is 0 Å². The van der Waals surface area contributed by atoms with Gasteiger partial charge in [0.05, 0.1) is 0 Å². The predicted octanol–water partition coefficient (Wildman–Crippen LogP) is 6.54. The zero-order valence-electron chi connectivity index (χ0n) is 14.6. The molecule has 3 rings (SSSR count). The second-order valence-electron chi connectivity index (χ2n) is 8.83. The van der Waals surface area contributed by atoms with E-state index in [0.717, 1.165) is 8.19 Å². The van der Waals surface area contributed by atoms with Crippen molar-refractivity contribution in [3.63, 3.8) is 0 Å². The molecule has 2 atom stereocenters. The Morgan fingerprint density at radius 3 is 2.17 bits per heavy atom. The van der Waals surface area contributed by atoms with Crippen LogP contribution in [0.1, 0.15) is 28.6 Å². The minimum Gasteiger partial charge on any atom is -0.147 e. The van der Waals surface area contributed by atoms with Gasteiger partial charge in [-0.3, -0.25) is 0 Å². The van der Waals surface area contributed by atoms with E-state index in [1.54, 1.807) is 11.8 Å². The van der Waals surface area contributed by atoms with Crippen LogP contribution in [-0.2, 0) is 16.8 Å². The third kappa shape index (κ3) is 2.73. The molecule has 0 saturated carbocycles. The fourth-order valence-electron chi connectivity index (χ4n) is 3.97. The molecule has 23 heavy (non-hydrogen) atoms. The molecule has 0 amide bonds. The predicted molar refractivity (Wildman–Crippen MR) is 112 cm³/mol. The molecule has 0 spiro atoms. The summed E-state index contributed by atoms with van der Waals surface area (Å²) >= 11 is -3.73. The SMILES string of the molecule is C[C](C)=[Zr]([CH3])([CH3])([CH3])([c]1ccc[pH]1)[CH]1C=Cc2ccccc21.Cl.Cl. The monoisotopic (exact) mass is 447 g/mol. The topological polar surface area (TPSA) is 0 Å². The van der Waals surface area contributed by atoms with E-state index in [4.69, 9.17) is 0 Å². The van der Waals surface area contributed by atoms with E-state index in [0.29, 0.717) is 3.63 Å². The average Bonchev–Trinajstić information content (AvgIpc) is 3.09. The van der Waals surface area contributed by atoms with E-state index in [1.165, 1.54) is 5.56 Å². The first-order valence-electron chi connectivity index (χ1n) is 7.85. The van der Waals surface area contributed by atoms with Crippen LogP contribution in [0.25, 0.3) is 6.08 Å². The third-order valence-electron chi connectivity index (χ3n) is 6.78. The molecule has 127 valence electrons. The van der Waals surface area contributed by atoms with Crippen molar-refractivity contribution in [1.82, 2.24) is 0 Å². The smallest absolute Gasteiger partial charge is 0.147 e. The van der Waals surface area contributed by atoms with Gasteiger partial charge in [-0.05, 0) is 0 Å². The van der Waals surface area contributed by atoms with Crippen LogP contribution in [0, 0.1) is 0 Å². The van der Waals surface area contributed by atoms with Gasteiger partial charge in [0, 0.05) is 0 Å². The summed E-state index contributed by atoms with van der Waals surface area (Å²) in [5.41, 5.74) is 2.96. The van der Waals surface area contributed by atoms with Crippen molar-refractivity contribution in [2.45, 2.75) is 31.4 Å². The van der Waals surface area contributed by atoms with Crippen LogP contribution in [0.5, 0.6) is 0 Å². The number of benzene rings is 1. The standard InChI is InChI=1S/C9H7.C4H4P.C3H6.3CH3.2ClH.Zr/c1-2-5-9-7-3-6-8(9)4-1;1-2-4-5-3-1;1-3-2;;;;;;/h1-7H;1-3,5H;1-2H3;3*1H3;2*1H;. The van der Waals surface area contributed by atoms with Crippen LogP contribution in [0.3, 0.4) is 0 Å². The van der Waals surface area contributed by atoms with E-state index in [1.807, 2.05) is 0 Å². The molecule has 2 unspecified atom stereocenters. The summed E-state index contributed by atoms with van der Waals surface area (Å²) in [5.74, 6) is 2.35. The summed E-state index contributed by atoms with van der Waals surface area (Å²) < 4.78 is 11.9. The second-order valence-corrected chi connectivity index (χ2v) is 37.6. The Morgan fingerprint density at radius 2 is 1.61 bits per heavy atom. The molecular formula is C19H28Cl2PZr. The van der Waals surface area contributed by atoms with Crippen LogP contribution in [0.2, 0.25) is 13.9 Å². The van der Waals surface area contributed by atoms with Crippen molar-refractivity contribution < 1.29 is 16.8 Å². The van der Waals surface area contributed by atoms with Crippen LogP contribution in [0.15, 0.2) is 48.3 Å². The van der Waals surface area contributed by atoms with Crippen LogP contribution >= 0.6 is 33.0 Å². The Hall–Kier alpha value is 0.0731. The van der Waals surface area contributed by atoms with Gasteiger partial charge in [-0.15, -0.1) is 24.8 Å². The van der Waals surface area contributed by atoms with Crippen molar-refractivity contribution in [1.29, 1.82) is 0 Å². The number of fused-ring (bicyclic) bond motifs is 1. The van der Waals surface area contributed by atoms with Crippen molar-refractivity contribution in [2.75, 3.05) is 0 Å². The Kier molecular flexibility index (Phi) is 5.60. The van der Waals surface area contributed by atoms with E-state index >= 15 is 0 Å². The molecule has 0 bridgehead atoms. The molecule has 0 radical (unpaired) electrons. The van der Waals surface area contributed by atoms with Crippen LogP contribution in [-0.4, -0.2) is 3.21 Å². The van der Waals surface area contributed by atoms with Gasteiger partial charge in [-0.25, -0.2) is 0 Å². The molecule has 1 aliphatic carbocycles. The normalized spacial score (nSPS) is 19.3. The molecule has 0 saturated heterocycles. The average molecular weight is 450 g/mol. The molecule has 1 heterocycles. The van der Waals surface area contributed by atoms with Gasteiger partial charge in [0.2, 0.25) is 0 Å². The van der Waals surface area contributed by atoms with Crippen LogP contribution < -0.4 is 3.00 Å². The van der Waals surface area contributed by atoms with E-state index in [-0.39, 0.29) is 24.8 Å². The van der Waals surface area contributed by atoms with Crippen molar-refractivity contribution in [3.8, 4) is 0 Å². The summed E-state index contributed by atoms with van der Waals surface area (Å²) in [6, 6.07) is 13.7. The van der Waals surface area contributed by atoms with Crippen molar-refractivity contribution in [2.24, 2.45) is 0 Å². The van der Waals surface area contributed by atoms with Crippen LogP contribution in [0.4, 0.5) is 0 Å². The minimum absolute atomic E-state index is 0. The summed E-state index contributed by atoms with van der Waals surface area (Å²) in [5, 5.41) is 0.